The molecule has 2 aliphatic heterocycles. The first-order valence-electron chi connectivity index (χ1n) is 11.6. The highest BCUT2D eigenvalue weighted by molar-refractivity contribution is 7.91. The van der Waals surface area contributed by atoms with Gasteiger partial charge in [-0.25, -0.2) is 8.42 Å². The summed E-state index contributed by atoms with van der Waals surface area (Å²) in [5, 5.41) is 18.2. The van der Waals surface area contributed by atoms with Crippen LogP contribution in [-0.2, 0) is 9.84 Å². The number of hydrogen-bond donors (Lipinski definition) is 2. The first-order valence-corrected chi connectivity index (χ1v) is 13.4. The zero-order valence-corrected chi connectivity index (χ0v) is 20.6. The van der Waals surface area contributed by atoms with Crippen LogP contribution in [0.25, 0.3) is 11.3 Å². The summed E-state index contributed by atoms with van der Waals surface area (Å²) >= 11 is 0. The minimum atomic E-state index is -3.19. The Hall–Kier alpha value is -3.13. The molecule has 5 rings (SSSR count). The Morgan fingerprint density at radius 1 is 1.15 bits per heavy atom. The van der Waals surface area contributed by atoms with Gasteiger partial charge in [0.1, 0.15) is 17.1 Å². The molecular formula is C26H29N3O4S. The van der Waals surface area contributed by atoms with Gasteiger partial charge in [-0.1, -0.05) is 44.2 Å². The SMILES string of the molecule is Cc1cc(C)c(O)c(-c2n[nH]c3c2C(c2ccc(C(C)C)cc2)N(C2CCS(=O)(=O)C2)C3=O)c1. The van der Waals surface area contributed by atoms with Gasteiger partial charge >= 0.3 is 0 Å². The molecule has 7 nitrogen and oxygen atoms in total. The summed E-state index contributed by atoms with van der Waals surface area (Å²) in [6.45, 7) is 8.03. The number of hydrogen-bond acceptors (Lipinski definition) is 5. The average Bonchev–Trinajstić information content (AvgIpc) is 3.44. The van der Waals surface area contributed by atoms with Crippen LogP contribution in [-0.4, -0.2) is 52.1 Å². The van der Waals surface area contributed by atoms with Crippen molar-refractivity contribution in [2.75, 3.05) is 11.5 Å². The van der Waals surface area contributed by atoms with Crippen molar-refractivity contribution in [1.82, 2.24) is 15.1 Å². The number of fused-ring (bicyclic) bond motifs is 1. The molecule has 2 aromatic carbocycles. The number of aryl methyl sites for hydroxylation is 2. The maximum Gasteiger partial charge on any atom is 0.273 e. The van der Waals surface area contributed by atoms with Gasteiger partial charge < -0.3 is 10.0 Å². The van der Waals surface area contributed by atoms with Gasteiger partial charge in [-0.15, -0.1) is 0 Å². The van der Waals surface area contributed by atoms with Gasteiger partial charge in [0.2, 0.25) is 0 Å². The second-order valence-corrected chi connectivity index (χ2v) is 12.1. The Morgan fingerprint density at radius 2 is 1.85 bits per heavy atom. The van der Waals surface area contributed by atoms with E-state index in [9.17, 15) is 18.3 Å². The van der Waals surface area contributed by atoms with E-state index in [1.807, 2.05) is 38.1 Å². The predicted molar refractivity (Wildman–Crippen MR) is 131 cm³/mol. The van der Waals surface area contributed by atoms with E-state index in [0.717, 1.165) is 16.7 Å². The van der Waals surface area contributed by atoms with Crippen molar-refractivity contribution in [1.29, 1.82) is 0 Å². The van der Waals surface area contributed by atoms with Crippen LogP contribution >= 0.6 is 0 Å². The summed E-state index contributed by atoms with van der Waals surface area (Å²) < 4.78 is 24.6. The number of amides is 1. The smallest absolute Gasteiger partial charge is 0.273 e. The third kappa shape index (κ3) is 3.60. The Kier molecular flexibility index (Phi) is 5.31. The van der Waals surface area contributed by atoms with E-state index >= 15 is 0 Å². The minimum absolute atomic E-state index is 0.0405. The molecule has 1 aromatic heterocycles. The molecule has 3 heterocycles. The quantitative estimate of drug-likeness (QED) is 0.582. The van der Waals surface area contributed by atoms with E-state index < -0.39 is 21.9 Å². The number of carbonyl (C=O) groups is 1. The first kappa shape index (κ1) is 22.7. The summed E-state index contributed by atoms with van der Waals surface area (Å²) in [7, 11) is -3.19. The van der Waals surface area contributed by atoms with Crippen molar-refractivity contribution in [3.05, 3.63) is 69.9 Å². The van der Waals surface area contributed by atoms with Crippen LogP contribution in [0.5, 0.6) is 5.75 Å². The molecule has 1 saturated heterocycles. The fourth-order valence-corrected chi connectivity index (χ4v) is 6.98. The van der Waals surface area contributed by atoms with E-state index in [-0.39, 0.29) is 23.2 Å². The topological polar surface area (TPSA) is 103 Å². The molecule has 34 heavy (non-hydrogen) atoms. The number of rotatable bonds is 4. The fraction of sp³-hybridized carbons (Fsp3) is 0.385. The highest BCUT2D eigenvalue weighted by Crippen LogP contribution is 2.47. The molecule has 178 valence electrons. The lowest BCUT2D eigenvalue weighted by Crippen LogP contribution is -2.40. The molecule has 2 unspecified atom stereocenters. The average molecular weight is 480 g/mol. The summed E-state index contributed by atoms with van der Waals surface area (Å²) in [6.07, 6.45) is 0.413. The Morgan fingerprint density at radius 3 is 2.47 bits per heavy atom. The van der Waals surface area contributed by atoms with Crippen molar-refractivity contribution < 1.29 is 18.3 Å². The predicted octanol–water partition coefficient (Wildman–Crippen LogP) is 4.25. The number of phenolic OH excluding ortho intramolecular Hbond substituents is 1. The summed E-state index contributed by atoms with van der Waals surface area (Å²) in [4.78, 5) is 15.3. The van der Waals surface area contributed by atoms with Crippen LogP contribution in [0.15, 0.2) is 36.4 Å². The number of aromatic hydroxyl groups is 1. The maximum absolute atomic E-state index is 13.6. The fourth-order valence-electron chi connectivity index (χ4n) is 5.27. The lowest BCUT2D eigenvalue weighted by molar-refractivity contribution is 0.0677. The van der Waals surface area contributed by atoms with E-state index in [4.69, 9.17) is 0 Å². The monoisotopic (exact) mass is 479 g/mol. The number of sulfone groups is 1. The van der Waals surface area contributed by atoms with Crippen molar-refractivity contribution in [2.45, 2.75) is 52.1 Å². The van der Waals surface area contributed by atoms with Crippen LogP contribution < -0.4 is 0 Å². The zero-order valence-electron chi connectivity index (χ0n) is 19.8. The molecule has 3 aromatic rings. The number of nitrogens with zero attached hydrogens (tertiary/aromatic N) is 2. The minimum Gasteiger partial charge on any atom is -0.507 e. The van der Waals surface area contributed by atoms with Gasteiger partial charge in [0.25, 0.3) is 5.91 Å². The summed E-state index contributed by atoms with van der Waals surface area (Å²) in [5.41, 5.74) is 5.91. The molecule has 1 amide bonds. The van der Waals surface area contributed by atoms with E-state index in [2.05, 4.69) is 36.2 Å². The highest BCUT2D eigenvalue weighted by atomic mass is 32.2. The van der Waals surface area contributed by atoms with Gasteiger partial charge in [-0.2, -0.15) is 5.10 Å². The molecule has 0 saturated carbocycles. The third-order valence-corrected chi connectivity index (χ3v) is 8.77. The molecule has 0 spiro atoms. The molecule has 2 atom stereocenters. The number of aromatic nitrogens is 2. The van der Waals surface area contributed by atoms with Gasteiger partial charge in [-0.3, -0.25) is 9.89 Å². The summed E-state index contributed by atoms with van der Waals surface area (Å²) in [6, 6.07) is 11.0. The molecular weight excluding hydrogens is 450 g/mol. The van der Waals surface area contributed by atoms with Crippen LogP contribution in [0.4, 0.5) is 0 Å². The highest BCUT2D eigenvalue weighted by Gasteiger charge is 2.48. The first-order chi connectivity index (χ1) is 16.1. The van der Waals surface area contributed by atoms with Gasteiger partial charge in [0.05, 0.1) is 17.5 Å². The molecule has 0 radical (unpaired) electrons. The van der Waals surface area contributed by atoms with Crippen LogP contribution in [0.3, 0.4) is 0 Å². The lowest BCUT2D eigenvalue weighted by atomic mass is 9.92. The van der Waals surface area contributed by atoms with Crippen molar-refractivity contribution in [3.8, 4) is 17.0 Å². The number of nitrogens with one attached hydrogen (secondary N) is 1. The second kappa shape index (κ2) is 7.98. The van der Waals surface area contributed by atoms with Crippen LogP contribution in [0, 0.1) is 13.8 Å². The Labute approximate surface area is 199 Å². The van der Waals surface area contributed by atoms with E-state index in [1.165, 1.54) is 5.56 Å². The summed E-state index contributed by atoms with van der Waals surface area (Å²) in [5.74, 6) is 0.279. The number of carbonyl (C=O) groups excluding carboxylic acids is 1. The Bertz CT molecular complexity index is 1390. The van der Waals surface area contributed by atoms with Crippen molar-refractivity contribution in [2.24, 2.45) is 0 Å². The number of benzene rings is 2. The van der Waals surface area contributed by atoms with Crippen molar-refractivity contribution >= 4 is 15.7 Å². The normalized spacial score (nSPS) is 21.4. The standard InChI is InChI=1S/C26H29N3O4S/c1-14(2)17-5-7-18(8-6-17)24-21-22(20-12-15(3)11-16(4)25(20)30)27-28-23(21)26(31)29(24)19-9-10-34(32,33)13-19/h5-8,11-12,14,19,24,30H,9-10,13H2,1-4H3,(H,27,28). The van der Waals surface area contributed by atoms with Gasteiger partial charge in [-0.05, 0) is 54.5 Å². The van der Waals surface area contributed by atoms with Crippen LogP contribution in [0.2, 0.25) is 0 Å². The van der Waals surface area contributed by atoms with Crippen molar-refractivity contribution in [3.63, 3.8) is 0 Å². The third-order valence-electron chi connectivity index (χ3n) is 7.02. The molecule has 2 N–H and O–H groups in total. The van der Waals surface area contributed by atoms with Gasteiger partial charge in [0.15, 0.2) is 9.84 Å². The maximum atomic E-state index is 13.6. The largest absolute Gasteiger partial charge is 0.507 e. The zero-order chi connectivity index (χ0) is 24.4. The van der Waals surface area contributed by atoms with E-state index in [0.29, 0.717) is 34.9 Å². The number of aromatic amines is 1. The van der Waals surface area contributed by atoms with Crippen LogP contribution in [0.1, 0.15) is 70.5 Å². The lowest BCUT2D eigenvalue weighted by Gasteiger charge is -2.31. The number of H-pyrrole nitrogens is 1. The Balaban J connectivity index is 1.70. The second-order valence-electron chi connectivity index (χ2n) is 9.83. The molecule has 2 aliphatic rings. The molecule has 1 fully saturated rings. The van der Waals surface area contributed by atoms with Gasteiger partial charge in [0, 0.05) is 17.2 Å². The molecule has 0 aliphatic carbocycles. The molecule has 0 bridgehead atoms. The molecule has 8 heteroatoms. The number of phenols is 1. The van der Waals surface area contributed by atoms with E-state index in [1.54, 1.807) is 4.90 Å².